The van der Waals surface area contributed by atoms with E-state index in [0.717, 1.165) is 33.1 Å². The minimum Gasteiger partial charge on any atom is -0.423 e. The van der Waals surface area contributed by atoms with Crippen LogP contribution in [0.1, 0.15) is 16.8 Å². The molecule has 0 atom stereocenters. The number of H-pyrrole nitrogens is 1. The summed E-state index contributed by atoms with van der Waals surface area (Å²) >= 11 is 0. The van der Waals surface area contributed by atoms with Crippen molar-refractivity contribution < 1.29 is 9.21 Å². The van der Waals surface area contributed by atoms with Crippen LogP contribution in [0.2, 0.25) is 0 Å². The van der Waals surface area contributed by atoms with Crippen LogP contribution >= 0.6 is 0 Å². The first kappa shape index (κ1) is 16.1. The molecular formula is C20H17N3O3. The molecule has 0 fully saturated rings. The van der Waals surface area contributed by atoms with E-state index in [2.05, 4.69) is 15.5 Å². The second kappa shape index (κ2) is 6.15. The van der Waals surface area contributed by atoms with Crippen molar-refractivity contribution in [1.29, 1.82) is 0 Å². The summed E-state index contributed by atoms with van der Waals surface area (Å²) < 4.78 is 5.24. The number of nitrogens with one attached hydrogen (secondary N) is 2. The van der Waals surface area contributed by atoms with Crippen molar-refractivity contribution in [3.05, 3.63) is 69.7 Å². The first-order valence-electron chi connectivity index (χ1n) is 8.28. The van der Waals surface area contributed by atoms with Gasteiger partial charge in [-0.3, -0.25) is 9.89 Å². The summed E-state index contributed by atoms with van der Waals surface area (Å²) in [6.07, 6.45) is 0.195. The minimum atomic E-state index is -0.377. The molecule has 26 heavy (non-hydrogen) atoms. The van der Waals surface area contributed by atoms with E-state index in [0.29, 0.717) is 11.3 Å². The summed E-state index contributed by atoms with van der Waals surface area (Å²) in [6, 6.07) is 12.7. The number of anilines is 1. The van der Waals surface area contributed by atoms with Gasteiger partial charge in [0.15, 0.2) is 0 Å². The Morgan fingerprint density at radius 3 is 2.77 bits per heavy atom. The molecule has 0 radical (unpaired) electrons. The van der Waals surface area contributed by atoms with Gasteiger partial charge in [-0.1, -0.05) is 18.2 Å². The second-order valence-electron chi connectivity index (χ2n) is 6.36. The molecule has 6 heteroatoms. The van der Waals surface area contributed by atoms with Gasteiger partial charge >= 0.3 is 5.63 Å². The van der Waals surface area contributed by atoms with Gasteiger partial charge in [0.05, 0.1) is 17.6 Å². The number of aryl methyl sites for hydroxylation is 2. The van der Waals surface area contributed by atoms with Crippen molar-refractivity contribution in [2.75, 3.05) is 5.32 Å². The summed E-state index contributed by atoms with van der Waals surface area (Å²) in [5.41, 5.74) is 4.09. The van der Waals surface area contributed by atoms with Crippen molar-refractivity contribution >= 4 is 33.5 Å². The second-order valence-corrected chi connectivity index (χ2v) is 6.36. The van der Waals surface area contributed by atoms with Crippen LogP contribution in [-0.4, -0.2) is 16.1 Å². The Labute approximate surface area is 148 Å². The molecule has 0 unspecified atom stereocenters. The van der Waals surface area contributed by atoms with Gasteiger partial charge in [0, 0.05) is 22.5 Å². The molecule has 6 nitrogen and oxygen atoms in total. The highest BCUT2D eigenvalue weighted by atomic mass is 16.4. The van der Waals surface area contributed by atoms with Crippen LogP contribution in [-0.2, 0) is 11.2 Å². The molecule has 2 N–H and O–H groups in total. The Balaban J connectivity index is 1.63. The third kappa shape index (κ3) is 2.86. The quantitative estimate of drug-likeness (QED) is 0.556. The lowest BCUT2D eigenvalue weighted by Gasteiger charge is -2.10. The Hall–Kier alpha value is -3.41. The summed E-state index contributed by atoms with van der Waals surface area (Å²) in [4.78, 5) is 24.0. The third-order valence-corrected chi connectivity index (χ3v) is 4.45. The van der Waals surface area contributed by atoms with E-state index in [1.165, 1.54) is 6.07 Å². The predicted molar refractivity (Wildman–Crippen MR) is 100 cm³/mol. The maximum atomic E-state index is 12.5. The van der Waals surface area contributed by atoms with E-state index >= 15 is 0 Å². The average molecular weight is 347 g/mol. The highest BCUT2D eigenvalue weighted by molar-refractivity contribution is 5.97. The van der Waals surface area contributed by atoms with Gasteiger partial charge in [0.1, 0.15) is 5.58 Å². The number of aromatic amines is 1. The highest BCUT2D eigenvalue weighted by Crippen LogP contribution is 2.25. The van der Waals surface area contributed by atoms with Gasteiger partial charge in [-0.05, 0) is 43.2 Å². The largest absolute Gasteiger partial charge is 0.423 e. The van der Waals surface area contributed by atoms with E-state index in [-0.39, 0.29) is 18.0 Å². The predicted octanol–water partition coefficient (Wildman–Crippen LogP) is 3.47. The zero-order valence-electron chi connectivity index (χ0n) is 14.4. The fraction of sp³-hybridized carbons (Fsp3) is 0.150. The van der Waals surface area contributed by atoms with Gasteiger partial charge in [-0.15, -0.1) is 0 Å². The molecule has 2 aromatic carbocycles. The van der Waals surface area contributed by atoms with Crippen LogP contribution < -0.4 is 10.9 Å². The van der Waals surface area contributed by atoms with Crippen LogP contribution in [0.4, 0.5) is 5.69 Å². The van der Waals surface area contributed by atoms with E-state index in [9.17, 15) is 9.59 Å². The Morgan fingerprint density at radius 2 is 1.92 bits per heavy atom. The zero-order valence-corrected chi connectivity index (χ0v) is 14.4. The molecule has 0 saturated carbocycles. The normalized spacial score (nSPS) is 11.2. The number of carbonyl (C=O) groups excluding carboxylic acids is 1. The van der Waals surface area contributed by atoms with E-state index in [1.807, 2.05) is 44.2 Å². The van der Waals surface area contributed by atoms with Crippen LogP contribution in [0.25, 0.3) is 21.9 Å². The average Bonchev–Trinajstić information content (AvgIpc) is 2.99. The fourth-order valence-corrected chi connectivity index (χ4v) is 3.11. The summed E-state index contributed by atoms with van der Waals surface area (Å²) in [6.45, 7) is 3.71. The lowest BCUT2D eigenvalue weighted by molar-refractivity contribution is -0.115. The fourth-order valence-electron chi connectivity index (χ4n) is 3.11. The standard InChI is InChI=1S/C20H17N3O3/c1-11-8-20(25)26-18-7-12(2)16(9-14(11)18)21-19(24)10-17-13-5-3-4-6-15(13)22-23-17/h3-9H,10H2,1-2H3,(H,21,24)(H,22,23). The first-order chi connectivity index (χ1) is 12.5. The number of carbonyl (C=O) groups is 1. The van der Waals surface area contributed by atoms with Crippen LogP contribution in [0, 0.1) is 13.8 Å². The van der Waals surface area contributed by atoms with Crippen molar-refractivity contribution in [3.8, 4) is 0 Å². The lowest BCUT2D eigenvalue weighted by Crippen LogP contribution is -2.15. The summed E-state index contributed by atoms with van der Waals surface area (Å²) in [5.74, 6) is -0.142. The first-order valence-corrected chi connectivity index (χ1v) is 8.28. The van der Waals surface area contributed by atoms with Crippen LogP contribution in [0.5, 0.6) is 0 Å². The maximum Gasteiger partial charge on any atom is 0.336 e. The lowest BCUT2D eigenvalue weighted by atomic mass is 10.1. The molecule has 0 spiro atoms. The van der Waals surface area contributed by atoms with E-state index in [1.54, 1.807) is 6.07 Å². The van der Waals surface area contributed by atoms with Gasteiger partial charge in [0.25, 0.3) is 0 Å². The highest BCUT2D eigenvalue weighted by Gasteiger charge is 2.13. The summed E-state index contributed by atoms with van der Waals surface area (Å²) in [5, 5.41) is 11.8. The number of benzene rings is 2. The molecule has 2 aromatic heterocycles. The number of hydrogen-bond acceptors (Lipinski definition) is 4. The number of aromatic nitrogens is 2. The van der Waals surface area contributed by atoms with E-state index in [4.69, 9.17) is 4.42 Å². The maximum absolute atomic E-state index is 12.5. The molecule has 1 amide bonds. The number of amides is 1. The molecule has 0 aliphatic carbocycles. The molecule has 0 aliphatic rings. The summed E-state index contributed by atoms with van der Waals surface area (Å²) in [7, 11) is 0. The smallest absolute Gasteiger partial charge is 0.336 e. The molecule has 0 aliphatic heterocycles. The molecule has 4 rings (SSSR count). The Bertz CT molecular complexity index is 1200. The van der Waals surface area contributed by atoms with Crippen molar-refractivity contribution in [2.45, 2.75) is 20.3 Å². The Morgan fingerprint density at radius 1 is 1.12 bits per heavy atom. The monoisotopic (exact) mass is 347 g/mol. The van der Waals surface area contributed by atoms with Crippen molar-refractivity contribution in [2.24, 2.45) is 0 Å². The van der Waals surface area contributed by atoms with Crippen molar-refractivity contribution in [1.82, 2.24) is 10.2 Å². The molecule has 4 aromatic rings. The third-order valence-electron chi connectivity index (χ3n) is 4.45. The van der Waals surface area contributed by atoms with Gasteiger partial charge in [-0.2, -0.15) is 5.10 Å². The van der Waals surface area contributed by atoms with Gasteiger partial charge in [0.2, 0.25) is 5.91 Å². The topological polar surface area (TPSA) is 88.0 Å². The SMILES string of the molecule is Cc1cc2oc(=O)cc(C)c2cc1NC(=O)Cc1[nH]nc2ccccc12. The zero-order chi connectivity index (χ0) is 18.3. The minimum absolute atomic E-state index is 0.142. The number of rotatable bonds is 3. The number of hydrogen-bond donors (Lipinski definition) is 2. The van der Waals surface area contributed by atoms with Crippen LogP contribution in [0.3, 0.4) is 0 Å². The molecule has 130 valence electrons. The molecule has 0 saturated heterocycles. The van der Waals surface area contributed by atoms with Crippen LogP contribution in [0.15, 0.2) is 51.7 Å². The van der Waals surface area contributed by atoms with E-state index < -0.39 is 0 Å². The number of nitrogens with zero attached hydrogens (tertiary/aromatic N) is 1. The molecule has 0 bridgehead atoms. The van der Waals surface area contributed by atoms with Crippen molar-refractivity contribution in [3.63, 3.8) is 0 Å². The number of fused-ring (bicyclic) bond motifs is 2. The number of para-hydroxylation sites is 1. The van der Waals surface area contributed by atoms with Gasteiger partial charge < -0.3 is 9.73 Å². The molecule has 2 heterocycles. The van der Waals surface area contributed by atoms with Gasteiger partial charge in [-0.25, -0.2) is 4.79 Å². The Kier molecular flexibility index (Phi) is 3.80. The molecular weight excluding hydrogens is 330 g/mol.